The molecule has 0 saturated carbocycles. The Labute approximate surface area is 126 Å². The molecule has 1 unspecified atom stereocenters. The lowest BCUT2D eigenvalue weighted by Crippen LogP contribution is -2.39. The number of guanidine groups is 1. The molecule has 20 heavy (non-hydrogen) atoms. The zero-order chi connectivity index (χ0) is 14.8. The van der Waals surface area contributed by atoms with Crippen molar-refractivity contribution >= 4 is 17.3 Å². The first-order valence-corrected chi connectivity index (χ1v) is 8.31. The van der Waals surface area contributed by atoms with Crippen molar-refractivity contribution in [2.45, 2.75) is 45.6 Å². The van der Waals surface area contributed by atoms with Crippen molar-refractivity contribution in [3.63, 3.8) is 0 Å². The Morgan fingerprint density at radius 3 is 2.75 bits per heavy atom. The molecule has 0 radical (unpaired) electrons. The molecule has 4 nitrogen and oxygen atoms in total. The Hall–Kier alpha value is -1.07. The number of thiophene rings is 1. The van der Waals surface area contributed by atoms with Gasteiger partial charge in [-0.3, -0.25) is 0 Å². The highest BCUT2D eigenvalue weighted by Gasteiger charge is 2.23. The number of hydrogen-bond donors (Lipinski definition) is 3. The summed E-state index contributed by atoms with van der Waals surface area (Å²) in [5.74, 6) is 0.777. The second kappa shape index (κ2) is 8.97. The Bertz CT molecular complexity index is 388. The fourth-order valence-corrected chi connectivity index (χ4v) is 2.60. The summed E-state index contributed by atoms with van der Waals surface area (Å²) in [5, 5.41) is 20.9. The Morgan fingerprint density at radius 1 is 1.35 bits per heavy atom. The predicted molar refractivity (Wildman–Crippen MR) is 87.4 cm³/mol. The fraction of sp³-hybridized carbons (Fsp3) is 0.667. The number of hydrogen-bond acceptors (Lipinski definition) is 3. The largest absolute Gasteiger partial charge is 0.383 e. The Kier molecular flexibility index (Phi) is 7.62. The van der Waals surface area contributed by atoms with E-state index in [0.717, 1.165) is 31.0 Å². The molecule has 0 fully saturated rings. The molecule has 0 aromatic carbocycles. The molecule has 0 aliphatic rings. The molecule has 0 bridgehead atoms. The van der Waals surface area contributed by atoms with E-state index >= 15 is 0 Å². The number of rotatable bonds is 8. The van der Waals surface area contributed by atoms with E-state index in [0.29, 0.717) is 6.54 Å². The van der Waals surface area contributed by atoms with E-state index in [4.69, 9.17) is 0 Å². The van der Waals surface area contributed by atoms with Gasteiger partial charge in [-0.05, 0) is 42.7 Å². The van der Waals surface area contributed by atoms with Crippen LogP contribution in [0, 0.1) is 0 Å². The maximum absolute atomic E-state index is 10.4. The Morgan fingerprint density at radius 2 is 2.15 bits per heavy atom. The SMILES string of the molecule is CCCCCNC(=NCC(C)(O)c1ccsc1)NCC. The van der Waals surface area contributed by atoms with E-state index in [9.17, 15) is 5.11 Å². The van der Waals surface area contributed by atoms with Crippen LogP contribution in [-0.4, -0.2) is 30.7 Å². The fourth-order valence-electron chi connectivity index (χ4n) is 1.82. The lowest BCUT2D eigenvalue weighted by atomic mass is 10.00. The number of nitrogens with zero attached hydrogens (tertiary/aromatic N) is 1. The third-order valence-electron chi connectivity index (χ3n) is 3.11. The first-order chi connectivity index (χ1) is 9.60. The van der Waals surface area contributed by atoms with Crippen LogP contribution >= 0.6 is 11.3 Å². The van der Waals surface area contributed by atoms with Crippen molar-refractivity contribution in [1.29, 1.82) is 0 Å². The van der Waals surface area contributed by atoms with E-state index in [-0.39, 0.29) is 0 Å². The first kappa shape index (κ1) is 17.0. The molecule has 1 aromatic heterocycles. The number of aliphatic imine (C=N–C) groups is 1. The maximum Gasteiger partial charge on any atom is 0.191 e. The lowest BCUT2D eigenvalue weighted by molar-refractivity contribution is 0.0677. The van der Waals surface area contributed by atoms with Gasteiger partial charge in [0.25, 0.3) is 0 Å². The van der Waals surface area contributed by atoms with Crippen molar-refractivity contribution < 1.29 is 5.11 Å². The molecule has 0 spiro atoms. The van der Waals surface area contributed by atoms with Crippen LogP contribution in [0.25, 0.3) is 0 Å². The highest BCUT2D eigenvalue weighted by Crippen LogP contribution is 2.23. The van der Waals surface area contributed by atoms with E-state index in [1.54, 1.807) is 18.3 Å². The molecular formula is C15H27N3OS. The van der Waals surface area contributed by atoms with Gasteiger partial charge in [-0.25, -0.2) is 4.99 Å². The minimum atomic E-state index is -0.911. The van der Waals surface area contributed by atoms with E-state index in [2.05, 4.69) is 22.5 Å². The van der Waals surface area contributed by atoms with Gasteiger partial charge in [-0.15, -0.1) is 0 Å². The summed E-state index contributed by atoms with van der Waals surface area (Å²) in [6, 6.07) is 1.95. The van der Waals surface area contributed by atoms with Gasteiger partial charge in [-0.2, -0.15) is 11.3 Å². The van der Waals surface area contributed by atoms with Crippen LogP contribution in [-0.2, 0) is 5.60 Å². The molecule has 1 atom stereocenters. The monoisotopic (exact) mass is 297 g/mol. The van der Waals surface area contributed by atoms with Crippen LogP contribution in [0.2, 0.25) is 0 Å². The van der Waals surface area contributed by atoms with Crippen molar-refractivity contribution in [1.82, 2.24) is 10.6 Å². The van der Waals surface area contributed by atoms with Gasteiger partial charge < -0.3 is 15.7 Å². The molecule has 1 heterocycles. The van der Waals surface area contributed by atoms with E-state index in [1.807, 2.05) is 23.8 Å². The van der Waals surface area contributed by atoms with Crippen molar-refractivity contribution in [3.05, 3.63) is 22.4 Å². The summed E-state index contributed by atoms with van der Waals surface area (Å²) in [6.07, 6.45) is 3.57. The van der Waals surface area contributed by atoms with Gasteiger partial charge in [0.1, 0.15) is 5.60 Å². The normalized spacial score (nSPS) is 14.9. The minimum absolute atomic E-state index is 0.354. The third-order valence-corrected chi connectivity index (χ3v) is 3.79. The third kappa shape index (κ3) is 5.92. The quantitative estimate of drug-likeness (QED) is 0.393. The van der Waals surface area contributed by atoms with Crippen molar-refractivity contribution in [2.24, 2.45) is 4.99 Å². The molecule has 1 aromatic rings. The summed E-state index contributed by atoms with van der Waals surface area (Å²) in [4.78, 5) is 4.49. The zero-order valence-electron chi connectivity index (χ0n) is 12.8. The smallest absolute Gasteiger partial charge is 0.191 e. The number of nitrogens with one attached hydrogen (secondary N) is 2. The number of unbranched alkanes of at least 4 members (excludes halogenated alkanes) is 2. The van der Waals surface area contributed by atoms with E-state index < -0.39 is 5.60 Å². The zero-order valence-corrected chi connectivity index (χ0v) is 13.6. The van der Waals surface area contributed by atoms with Gasteiger partial charge in [0.2, 0.25) is 0 Å². The van der Waals surface area contributed by atoms with Gasteiger partial charge in [0.15, 0.2) is 5.96 Å². The topological polar surface area (TPSA) is 56.7 Å². The number of aliphatic hydroxyl groups is 1. The summed E-state index contributed by atoms with van der Waals surface area (Å²) in [6.45, 7) is 8.13. The van der Waals surface area contributed by atoms with Crippen LogP contribution in [0.1, 0.15) is 45.6 Å². The molecular weight excluding hydrogens is 270 g/mol. The second-order valence-corrected chi connectivity index (χ2v) is 5.89. The summed E-state index contributed by atoms with van der Waals surface area (Å²) in [5.41, 5.74) is 0.0132. The van der Waals surface area contributed by atoms with Gasteiger partial charge >= 0.3 is 0 Å². The summed E-state index contributed by atoms with van der Waals surface area (Å²) in [7, 11) is 0. The average Bonchev–Trinajstić information content (AvgIpc) is 2.95. The van der Waals surface area contributed by atoms with Gasteiger partial charge in [0.05, 0.1) is 6.54 Å². The van der Waals surface area contributed by atoms with Crippen LogP contribution in [0.4, 0.5) is 0 Å². The van der Waals surface area contributed by atoms with Crippen LogP contribution in [0.3, 0.4) is 0 Å². The van der Waals surface area contributed by atoms with Gasteiger partial charge in [0, 0.05) is 13.1 Å². The van der Waals surface area contributed by atoms with Crippen LogP contribution in [0.15, 0.2) is 21.8 Å². The lowest BCUT2D eigenvalue weighted by Gasteiger charge is -2.21. The van der Waals surface area contributed by atoms with Crippen molar-refractivity contribution in [2.75, 3.05) is 19.6 Å². The molecule has 114 valence electrons. The molecule has 1 rings (SSSR count). The van der Waals surface area contributed by atoms with Gasteiger partial charge in [-0.1, -0.05) is 19.8 Å². The Balaban J connectivity index is 2.53. The maximum atomic E-state index is 10.4. The predicted octanol–water partition coefficient (Wildman–Crippen LogP) is 2.70. The molecule has 0 aliphatic heterocycles. The molecule has 0 amide bonds. The highest BCUT2D eigenvalue weighted by atomic mass is 32.1. The standard InChI is InChI=1S/C15H27N3OS/c1-4-6-7-9-17-14(16-5-2)18-12-15(3,19)13-8-10-20-11-13/h8,10-11,19H,4-7,9,12H2,1-3H3,(H2,16,17,18). The molecule has 5 heteroatoms. The van der Waals surface area contributed by atoms with Crippen LogP contribution < -0.4 is 10.6 Å². The van der Waals surface area contributed by atoms with Crippen molar-refractivity contribution in [3.8, 4) is 0 Å². The van der Waals surface area contributed by atoms with Crippen LogP contribution in [0.5, 0.6) is 0 Å². The highest BCUT2D eigenvalue weighted by molar-refractivity contribution is 7.08. The molecule has 0 saturated heterocycles. The summed E-state index contributed by atoms with van der Waals surface area (Å²) < 4.78 is 0. The summed E-state index contributed by atoms with van der Waals surface area (Å²) >= 11 is 1.59. The molecule has 3 N–H and O–H groups in total. The second-order valence-electron chi connectivity index (χ2n) is 5.11. The minimum Gasteiger partial charge on any atom is -0.383 e. The van der Waals surface area contributed by atoms with E-state index in [1.165, 1.54) is 12.8 Å². The molecule has 0 aliphatic carbocycles. The first-order valence-electron chi connectivity index (χ1n) is 7.37. The average molecular weight is 297 g/mol.